The first kappa shape index (κ1) is 14.0. The molecule has 1 rings (SSSR count). The topological polar surface area (TPSA) is 29.1 Å². The Kier molecular flexibility index (Phi) is 4.52. The number of hydrogen-bond acceptors (Lipinski definition) is 1. The van der Waals surface area contributed by atoms with Gasteiger partial charge in [0.05, 0.1) is 11.1 Å². The Morgan fingerprint density at radius 2 is 2.18 bits per heavy atom. The number of halogens is 2. The van der Waals surface area contributed by atoms with E-state index in [0.29, 0.717) is 12.3 Å². The van der Waals surface area contributed by atoms with Gasteiger partial charge < -0.3 is 5.32 Å². The van der Waals surface area contributed by atoms with E-state index in [-0.39, 0.29) is 5.56 Å². The van der Waals surface area contributed by atoms with Crippen LogP contribution in [0.15, 0.2) is 18.2 Å². The second-order valence-corrected chi connectivity index (χ2v) is 4.75. The molecular formula is C13H17ClFNO. The molecule has 1 atom stereocenters. The number of amides is 1. The summed E-state index contributed by atoms with van der Waals surface area (Å²) in [5, 5.41) is 2.76. The average Bonchev–Trinajstić information content (AvgIpc) is 2.28. The molecule has 0 fully saturated rings. The van der Waals surface area contributed by atoms with Crippen LogP contribution in [0.3, 0.4) is 0 Å². The number of nitrogens with one attached hydrogen (secondary N) is 1. The predicted octanol–water partition coefficient (Wildman–Crippen LogP) is 3.27. The zero-order valence-corrected chi connectivity index (χ0v) is 11.1. The number of hydrogen-bond donors (Lipinski definition) is 1. The van der Waals surface area contributed by atoms with Gasteiger partial charge in [0.1, 0.15) is 5.82 Å². The molecule has 1 unspecified atom stereocenters. The molecule has 94 valence electrons. The molecule has 0 radical (unpaired) electrons. The predicted molar refractivity (Wildman–Crippen MR) is 68.0 cm³/mol. The van der Waals surface area contributed by atoms with Crippen molar-refractivity contribution in [2.75, 3.05) is 5.88 Å². The summed E-state index contributed by atoms with van der Waals surface area (Å²) in [6.07, 6.45) is 0.690. The molecule has 0 bridgehead atoms. The number of alkyl halides is 1. The van der Waals surface area contributed by atoms with E-state index in [1.807, 2.05) is 13.8 Å². The molecule has 0 aliphatic heterocycles. The van der Waals surface area contributed by atoms with E-state index in [0.717, 1.165) is 5.56 Å². The van der Waals surface area contributed by atoms with Crippen molar-refractivity contribution in [2.24, 2.45) is 0 Å². The summed E-state index contributed by atoms with van der Waals surface area (Å²) in [5.74, 6) is -0.633. The number of benzene rings is 1. The second-order valence-electron chi connectivity index (χ2n) is 4.49. The zero-order chi connectivity index (χ0) is 13.1. The van der Waals surface area contributed by atoms with Crippen LogP contribution < -0.4 is 5.32 Å². The molecule has 0 aliphatic rings. The molecule has 17 heavy (non-hydrogen) atoms. The van der Waals surface area contributed by atoms with Crippen molar-refractivity contribution in [3.8, 4) is 0 Å². The second kappa shape index (κ2) is 5.50. The quantitative estimate of drug-likeness (QED) is 0.824. The maximum Gasteiger partial charge on any atom is 0.254 e. The van der Waals surface area contributed by atoms with Gasteiger partial charge in [0.2, 0.25) is 0 Å². The first-order valence-electron chi connectivity index (χ1n) is 5.56. The van der Waals surface area contributed by atoms with Gasteiger partial charge >= 0.3 is 0 Å². The summed E-state index contributed by atoms with van der Waals surface area (Å²) in [4.78, 5) is 11.9. The molecule has 2 nitrogen and oxygen atoms in total. The van der Waals surface area contributed by atoms with Gasteiger partial charge in [0.15, 0.2) is 0 Å². The Morgan fingerprint density at radius 1 is 1.53 bits per heavy atom. The molecule has 4 heteroatoms. The number of aryl methyl sites for hydroxylation is 1. The SMILES string of the molecule is CCC(C)(CCl)NC(=O)c1ccc(C)cc1F. The monoisotopic (exact) mass is 257 g/mol. The minimum atomic E-state index is -0.504. The van der Waals surface area contributed by atoms with Crippen LogP contribution in [0.1, 0.15) is 36.2 Å². The Balaban J connectivity index is 2.90. The lowest BCUT2D eigenvalue weighted by Gasteiger charge is -2.27. The van der Waals surface area contributed by atoms with Crippen molar-refractivity contribution >= 4 is 17.5 Å². The smallest absolute Gasteiger partial charge is 0.254 e. The Labute approximate surface area is 106 Å². The molecule has 1 amide bonds. The van der Waals surface area contributed by atoms with Crippen molar-refractivity contribution in [2.45, 2.75) is 32.7 Å². The number of rotatable bonds is 4. The highest BCUT2D eigenvalue weighted by molar-refractivity contribution is 6.18. The highest BCUT2D eigenvalue weighted by Crippen LogP contribution is 2.15. The molecule has 0 spiro atoms. The van der Waals surface area contributed by atoms with Gasteiger partial charge in [-0.15, -0.1) is 11.6 Å². The summed E-state index contributed by atoms with van der Waals surface area (Å²) in [6.45, 7) is 5.54. The fraction of sp³-hybridized carbons (Fsp3) is 0.462. The van der Waals surface area contributed by atoms with Gasteiger partial charge in [0, 0.05) is 5.88 Å². The minimum Gasteiger partial charge on any atom is -0.346 e. The lowest BCUT2D eigenvalue weighted by atomic mass is 10.0. The number of carbonyl (C=O) groups is 1. The Morgan fingerprint density at radius 3 is 2.65 bits per heavy atom. The molecule has 0 saturated heterocycles. The molecule has 1 aromatic carbocycles. The van der Waals surface area contributed by atoms with E-state index in [2.05, 4.69) is 5.32 Å². The molecule has 0 aliphatic carbocycles. The molecule has 0 heterocycles. The highest BCUT2D eigenvalue weighted by atomic mass is 35.5. The standard InChI is InChI=1S/C13H17ClFNO/c1-4-13(3,8-14)16-12(17)10-6-5-9(2)7-11(10)15/h5-7H,4,8H2,1-3H3,(H,16,17). The normalized spacial score (nSPS) is 14.2. The maximum atomic E-state index is 13.6. The van der Waals surface area contributed by atoms with Crippen LogP contribution in [0.5, 0.6) is 0 Å². The summed E-state index contributed by atoms with van der Waals surface area (Å²) < 4.78 is 13.6. The van der Waals surface area contributed by atoms with Crippen LogP contribution in [0.4, 0.5) is 4.39 Å². The van der Waals surface area contributed by atoms with Gasteiger partial charge in [0.25, 0.3) is 5.91 Å². The zero-order valence-electron chi connectivity index (χ0n) is 10.3. The average molecular weight is 258 g/mol. The highest BCUT2D eigenvalue weighted by Gasteiger charge is 2.24. The Hall–Kier alpha value is -1.09. The van der Waals surface area contributed by atoms with Gasteiger partial charge in [-0.25, -0.2) is 4.39 Å². The van der Waals surface area contributed by atoms with Crippen LogP contribution in [0.2, 0.25) is 0 Å². The lowest BCUT2D eigenvalue weighted by Crippen LogP contribution is -2.47. The summed E-state index contributed by atoms with van der Waals surface area (Å²) in [6, 6.07) is 4.55. The summed E-state index contributed by atoms with van der Waals surface area (Å²) >= 11 is 5.80. The van der Waals surface area contributed by atoms with E-state index in [9.17, 15) is 9.18 Å². The van der Waals surface area contributed by atoms with E-state index >= 15 is 0 Å². The van der Waals surface area contributed by atoms with E-state index in [1.165, 1.54) is 12.1 Å². The van der Waals surface area contributed by atoms with Crippen LogP contribution in [-0.2, 0) is 0 Å². The van der Waals surface area contributed by atoms with E-state index in [1.54, 1.807) is 13.0 Å². The minimum absolute atomic E-state index is 0.0559. The van der Waals surface area contributed by atoms with Crippen molar-refractivity contribution in [1.82, 2.24) is 5.32 Å². The van der Waals surface area contributed by atoms with Gasteiger partial charge in [-0.2, -0.15) is 0 Å². The van der Waals surface area contributed by atoms with Crippen LogP contribution >= 0.6 is 11.6 Å². The van der Waals surface area contributed by atoms with Crippen molar-refractivity contribution < 1.29 is 9.18 Å². The number of carbonyl (C=O) groups excluding carboxylic acids is 1. The molecule has 0 saturated carbocycles. The molecule has 1 aromatic rings. The van der Waals surface area contributed by atoms with Gasteiger partial charge in [-0.1, -0.05) is 13.0 Å². The van der Waals surface area contributed by atoms with Gasteiger partial charge in [-0.3, -0.25) is 4.79 Å². The Bertz CT molecular complexity index is 416. The van der Waals surface area contributed by atoms with Crippen molar-refractivity contribution in [3.05, 3.63) is 35.1 Å². The largest absolute Gasteiger partial charge is 0.346 e. The first-order chi connectivity index (χ1) is 7.91. The van der Waals surface area contributed by atoms with Crippen molar-refractivity contribution in [1.29, 1.82) is 0 Å². The van der Waals surface area contributed by atoms with E-state index in [4.69, 9.17) is 11.6 Å². The first-order valence-corrected chi connectivity index (χ1v) is 6.10. The molecular weight excluding hydrogens is 241 g/mol. The van der Waals surface area contributed by atoms with Gasteiger partial charge in [-0.05, 0) is 38.0 Å². The van der Waals surface area contributed by atoms with E-state index < -0.39 is 17.3 Å². The summed E-state index contributed by atoms with van der Waals surface area (Å²) in [5.41, 5.74) is 0.339. The maximum absolute atomic E-state index is 13.6. The van der Waals surface area contributed by atoms with Crippen molar-refractivity contribution in [3.63, 3.8) is 0 Å². The molecule has 1 N–H and O–H groups in total. The fourth-order valence-corrected chi connectivity index (χ4v) is 1.62. The fourth-order valence-electron chi connectivity index (χ4n) is 1.36. The molecule has 0 aromatic heterocycles. The third-order valence-electron chi connectivity index (χ3n) is 2.86. The van der Waals surface area contributed by atoms with Crippen LogP contribution in [-0.4, -0.2) is 17.3 Å². The van der Waals surface area contributed by atoms with Crippen LogP contribution in [0.25, 0.3) is 0 Å². The lowest BCUT2D eigenvalue weighted by molar-refractivity contribution is 0.0908. The summed E-state index contributed by atoms with van der Waals surface area (Å²) in [7, 11) is 0. The van der Waals surface area contributed by atoms with Crippen LogP contribution in [0, 0.1) is 12.7 Å². The third kappa shape index (κ3) is 3.43. The third-order valence-corrected chi connectivity index (χ3v) is 3.45.